The molecule has 0 bridgehead atoms. The number of esters is 1. The van der Waals surface area contributed by atoms with Crippen molar-refractivity contribution in [3.05, 3.63) is 32.1 Å². The Morgan fingerprint density at radius 3 is 2.70 bits per heavy atom. The molecule has 110 valence electrons. The second-order valence-corrected chi connectivity index (χ2v) is 4.57. The Morgan fingerprint density at radius 2 is 2.20 bits per heavy atom. The molecule has 1 aliphatic rings. The van der Waals surface area contributed by atoms with E-state index in [4.69, 9.17) is 4.74 Å². The number of hydrogen-bond donors (Lipinski definition) is 1. The first-order chi connectivity index (χ1) is 9.42. The minimum atomic E-state index is -1.02. The molecular weight excluding hydrogens is 336 g/mol. The number of allylic oxidation sites excluding steroid dienone is 2. The number of methoxy groups -OCH3 is 1. The second-order valence-electron chi connectivity index (χ2n) is 3.72. The van der Waals surface area contributed by atoms with E-state index in [2.05, 4.69) is 26.0 Å². The molecule has 1 N–H and O–H groups in total. The van der Waals surface area contributed by atoms with Gasteiger partial charge in [0.25, 0.3) is 5.70 Å². The quantitative estimate of drug-likeness (QED) is 0.328. The lowest BCUT2D eigenvalue weighted by molar-refractivity contribution is -0.439. The van der Waals surface area contributed by atoms with Crippen LogP contribution in [0.25, 0.3) is 0 Å². The number of ether oxygens (including phenoxy) is 2. The maximum absolute atomic E-state index is 11.7. The Labute approximate surface area is 123 Å². The average Bonchev–Trinajstić information content (AvgIpc) is 2.40. The first-order valence-corrected chi connectivity index (χ1v) is 6.43. The molecule has 0 radical (unpaired) electrons. The number of nitrogens with zero attached hydrogens (tertiary/aromatic N) is 1. The number of nitro groups is 1. The van der Waals surface area contributed by atoms with Crippen molar-refractivity contribution < 1.29 is 24.0 Å². The van der Waals surface area contributed by atoms with Crippen LogP contribution in [-0.4, -0.2) is 36.6 Å². The number of hydrogen-bond acceptors (Lipinski definition) is 7. The Morgan fingerprint density at radius 1 is 1.55 bits per heavy atom. The minimum absolute atomic E-state index is 0.0605. The largest absolute Gasteiger partial charge is 0.460 e. The maximum Gasteiger partial charge on any atom is 0.374 e. The highest BCUT2D eigenvalue weighted by molar-refractivity contribution is 9.12. The molecule has 0 aromatic rings. The van der Waals surface area contributed by atoms with Gasteiger partial charge < -0.3 is 14.8 Å². The van der Waals surface area contributed by atoms with Crippen molar-refractivity contribution in [2.75, 3.05) is 13.7 Å². The Bertz CT molecular complexity index is 499. The number of ketones is 1. The van der Waals surface area contributed by atoms with E-state index in [1.807, 2.05) is 0 Å². The third-order valence-electron chi connectivity index (χ3n) is 2.48. The molecule has 0 fully saturated rings. The third kappa shape index (κ3) is 3.64. The molecule has 0 saturated heterocycles. The van der Waals surface area contributed by atoms with Crippen molar-refractivity contribution in [3.8, 4) is 0 Å². The lowest BCUT2D eigenvalue weighted by Gasteiger charge is -2.20. The Hall–Kier alpha value is -1.74. The molecule has 0 aliphatic carbocycles. The van der Waals surface area contributed by atoms with E-state index < -0.39 is 29.3 Å². The zero-order valence-corrected chi connectivity index (χ0v) is 12.4. The van der Waals surface area contributed by atoms with E-state index in [-0.39, 0.29) is 17.9 Å². The van der Waals surface area contributed by atoms with E-state index >= 15 is 0 Å². The predicted molar refractivity (Wildman–Crippen MR) is 71.2 cm³/mol. The third-order valence-corrected chi connectivity index (χ3v) is 3.19. The second kappa shape index (κ2) is 7.15. The van der Waals surface area contributed by atoms with Crippen LogP contribution in [0.4, 0.5) is 0 Å². The fourth-order valence-electron chi connectivity index (χ4n) is 1.60. The van der Waals surface area contributed by atoms with Crippen LogP contribution in [0.15, 0.2) is 22.0 Å². The summed E-state index contributed by atoms with van der Waals surface area (Å²) in [6, 6.07) is 0. The maximum atomic E-state index is 11.7. The van der Waals surface area contributed by atoms with E-state index in [0.29, 0.717) is 4.48 Å². The van der Waals surface area contributed by atoms with Crippen LogP contribution >= 0.6 is 15.9 Å². The van der Waals surface area contributed by atoms with Crippen LogP contribution in [0.3, 0.4) is 0 Å². The van der Waals surface area contributed by atoms with Crippen LogP contribution in [0.5, 0.6) is 0 Å². The fraction of sp³-hybridized carbons (Fsp3) is 0.455. The summed E-state index contributed by atoms with van der Waals surface area (Å²) in [5.41, 5.74) is -0.238. The number of carbonyl (C=O) groups excluding carboxylic acids is 2. The molecule has 0 saturated carbocycles. The number of rotatable bonds is 6. The highest BCUT2D eigenvalue weighted by Crippen LogP contribution is 2.29. The summed E-state index contributed by atoms with van der Waals surface area (Å²) in [6.07, 6.45) is -0.000747. The molecular formula is C11H13BrN2O6. The van der Waals surface area contributed by atoms with E-state index in [0.717, 1.165) is 0 Å². The summed E-state index contributed by atoms with van der Waals surface area (Å²) in [6.45, 7) is 1.62. The number of carbonyl (C=O) groups is 2. The van der Waals surface area contributed by atoms with Crippen LogP contribution in [0.1, 0.15) is 13.3 Å². The van der Waals surface area contributed by atoms with E-state index in [1.165, 1.54) is 13.3 Å². The number of nitrogens with one attached hydrogen (secondary N) is 1. The highest BCUT2D eigenvalue weighted by Gasteiger charge is 2.35. The van der Waals surface area contributed by atoms with Gasteiger partial charge in [-0.1, -0.05) is 0 Å². The van der Waals surface area contributed by atoms with Gasteiger partial charge in [-0.2, -0.15) is 0 Å². The van der Waals surface area contributed by atoms with Crippen molar-refractivity contribution in [1.82, 2.24) is 5.32 Å². The molecule has 1 atom stereocenters. The summed E-state index contributed by atoms with van der Waals surface area (Å²) >= 11 is 3.11. The van der Waals surface area contributed by atoms with Gasteiger partial charge in [-0.3, -0.25) is 14.9 Å². The van der Waals surface area contributed by atoms with Crippen molar-refractivity contribution in [2.45, 2.75) is 19.6 Å². The summed E-state index contributed by atoms with van der Waals surface area (Å²) in [4.78, 5) is 33.4. The van der Waals surface area contributed by atoms with Gasteiger partial charge in [0.1, 0.15) is 0 Å². The normalized spacial score (nSPS) is 18.1. The topological polar surface area (TPSA) is 108 Å². The SMILES string of the molecule is CCOC(=O)C(=O)CC1=C([N+](=O)[O-])C(OC)NC=C1Br. The predicted octanol–water partition coefficient (Wildman–Crippen LogP) is 0.851. The van der Waals surface area contributed by atoms with Crippen molar-refractivity contribution in [1.29, 1.82) is 0 Å². The standard InChI is InChI=1S/C11H13BrN2O6/c1-3-20-11(16)8(15)4-6-7(12)5-13-10(19-2)9(6)14(17)18/h5,10,13H,3-4H2,1-2H3. The molecule has 20 heavy (non-hydrogen) atoms. The summed E-state index contributed by atoms with van der Waals surface area (Å²) in [7, 11) is 1.29. The zero-order valence-electron chi connectivity index (χ0n) is 10.8. The molecule has 9 heteroatoms. The summed E-state index contributed by atoms with van der Waals surface area (Å²) in [5, 5.41) is 13.8. The van der Waals surface area contributed by atoms with Crippen LogP contribution in [0.2, 0.25) is 0 Å². The number of Topliss-reactive ketones (excluding diaryl/α,β-unsaturated/α-hetero) is 1. The van der Waals surface area contributed by atoms with Crippen molar-refractivity contribution >= 4 is 27.7 Å². The highest BCUT2D eigenvalue weighted by atomic mass is 79.9. The molecule has 1 aliphatic heterocycles. The lowest BCUT2D eigenvalue weighted by atomic mass is 10.0. The summed E-state index contributed by atoms with van der Waals surface area (Å²) in [5.74, 6) is -1.88. The number of halogens is 1. The molecule has 0 aromatic heterocycles. The Kier molecular flexibility index (Phi) is 5.83. The molecule has 0 aromatic carbocycles. The van der Waals surface area contributed by atoms with Crippen molar-refractivity contribution in [2.24, 2.45) is 0 Å². The summed E-state index contributed by atoms with van der Waals surface area (Å²) < 4.78 is 9.81. The van der Waals surface area contributed by atoms with Crippen LogP contribution in [0, 0.1) is 10.1 Å². The van der Waals surface area contributed by atoms with E-state index in [1.54, 1.807) is 6.92 Å². The van der Waals surface area contributed by atoms with Crippen molar-refractivity contribution in [3.63, 3.8) is 0 Å². The van der Waals surface area contributed by atoms with Gasteiger partial charge in [0.15, 0.2) is 0 Å². The lowest BCUT2D eigenvalue weighted by Crippen LogP contribution is -2.36. The smallest absolute Gasteiger partial charge is 0.374 e. The molecule has 1 heterocycles. The van der Waals surface area contributed by atoms with Gasteiger partial charge in [-0.05, 0) is 22.9 Å². The minimum Gasteiger partial charge on any atom is -0.460 e. The molecule has 1 unspecified atom stereocenters. The first-order valence-electron chi connectivity index (χ1n) is 5.64. The Balaban J connectivity index is 3.08. The monoisotopic (exact) mass is 348 g/mol. The molecule has 8 nitrogen and oxygen atoms in total. The van der Waals surface area contributed by atoms with Crippen LogP contribution in [-0.2, 0) is 19.1 Å². The average molecular weight is 349 g/mol. The van der Waals surface area contributed by atoms with Gasteiger partial charge in [-0.25, -0.2) is 4.79 Å². The van der Waals surface area contributed by atoms with E-state index in [9.17, 15) is 19.7 Å². The van der Waals surface area contributed by atoms with Gasteiger partial charge >= 0.3 is 5.97 Å². The first kappa shape index (κ1) is 16.3. The van der Waals surface area contributed by atoms with Gasteiger partial charge in [0.05, 0.1) is 23.5 Å². The van der Waals surface area contributed by atoms with Crippen LogP contribution < -0.4 is 5.32 Å². The number of dihydropyridines is 1. The molecule has 0 spiro atoms. The molecule has 0 amide bonds. The molecule has 1 rings (SSSR count). The fourth-order valence-corrected chi connectivity index (χ4v) is 2.08. The van der Waals surface area contributed by atoms with Gasteiger partial charge in [-0.15, -0.1) is 0 Å². The van der Waals surface area contributed by atoms with Gasteiger partial charge in [0, 0.05) is 17.8 Å². The van der Waals surface area contributed by atoms with Gasteiger partial charge in [0.2, 0.25) is 12.0 Å². The zero-order chi connectivity index (χ0) is 15.3.